The molecule has 0 heterocycles. The molecular formula is C13H14S. The third-order valence-corrected chi connectivity index (χ3v) is 2.78. The van der Waals surface area contributed by atoms with Crippen LogP contribution < -0.4 is 0 Å². The molecule has 1 heteroatoms. The molecule has 0 saturated heterocycles. The van der Waals surface area contributed by atoms with Gasteiger partial charge in [0.05, 0.1) is 0 Å². The van der Waals surface area contributed by atoms with Gasteiger partial charge in [0, 0.05) is 9.80 Å². The molecule has 1 aromatic carbocycles. The first-order chi connectivity index (χ1) is 6.86. The second-order valence-corrected chi connectivity index (χ2v) is 3.85. The molecule has 0 fully saturated rings. The molecule has 1 aromatic rings. The van der Waals surface area contributed by atoms with E-state index in [0.29, 0.717) is 0 Å². The van der Waals surface area contributed by atoms with Gasteiger partial charge in [0.15, 0.2) is 0 Å². The molecule has 1 rings (SSSR count). The molecule has 0 aromatic heterocycles. The maximum atomic E-state index is 3.65. The van der Waals surface area contributed by atoms with Gasteiger partial charge in [-0.05, 0) is 25.1 Å². The Labute approximate surface area is 90.0 Å². The van der Waals surface area contributed by atoms with Crippen molar-refractivity contribution in [2.45, 2.75) is 11.8 Å². The molecule has 0 aliphatic heterocycles. The lowest BCUT2D eigenvalue weighted by Gasteiger charge is -2.00. The Morgan fingerprint density at radius 3 is 2.57 bits per heavy atom. The van der Waals surface area contributed by atoms with Gasteiger partial charge in [0.2, 0.25) is 0 Å². The minimum absolute atomic E-state index is 1.23. The van der Waals surface area contributed by atoms with Gasteiger partial charge in [-0.1, -0.05) is 54.8 Å². The summed E-state index contributed by atoms with van der Waals surface area (Å²) in [6.07, 6.45) is 7.89. The summed E-state index contributed by atoms with van der Waals surface area (Å²) in [5, 5.41) is 0. The van der Waals surface area contributed by atoms with Crippen LogP contribution in [0.25, 0.3) is 0 Å². The van der Waals surface area contributed by atoms with Crippen molar-refractivity contribution in [1.82, 2.24) is 0 Å². The summed E-state index contributed by atoms with van der Waals surface area (Å²) < 4.78 is 0. The zero-order valence-corrected chi connectivity index (χ0v) is 9.13. The molecule has 0 nitrogen and oxygen atoms in total. The van der Waals surface area contributed by atoms with E-state index in [1.807, 2.05) is 31.2 Å². The van der Waals surface area contributed by atoms with Crippen LogP contribution in [0.4, 0.5) is 0 Å². The highest BCUT2D eigenvalue weighted by Gasteiger charge is 1.94. The highest BCUT2D eigenvalue weighted by molar-refractivity contribution is 8.03. The Balaban J connectivity index is 2.67. The third kappa shape index (κ3) is 3.67. The predicted molar refractivity (Wildman–Crippen MR) is 65.4 cm³/mol. The molecule has 0 radical (unpaired) electrons. The summed E-state index contributed by atoms with van der Waals surface area (Å²) in [6.45, 7) is 5.69. The van der Waals surface area contributed by atoms with E-state index in [1.54, 1.807) is 17.8 Å². The van der Waals surface area contributed by atoms with Crippen molar-refractivity contribution >= 4 is 11.8 Å². The molecule has 0 saturated carbocycles. The lowest BCUT2D eigenvalue weighted by molar-refractivity contribution is 1.47. The molecule has 0 N–H and O–H groups in total. The molecule has 0 atom stereocenters. The normalized spacial score (nSPS) is 11.9. The Bertz CT molecular complexity index is 334. The van der Waals surface area contributed by atoms with Crippen LogP contribution >= 0.6 is 11.8 Å². The number of hydrogen-bond donors (Lipinski definition) is 0. The molecule has 0 amide bonds. The number of allylic oxidation sites excluding steroid dienone is 4. The van der Waals surface area contributed by atoms with E-state index in [9.17, 15) is 0 Å². The van der Waals surface area contributed by atoms with Gasteiger partial charge in [0.1, 0.15) is 0 Å². The van der Waals surface area contributed by atoms with Crippen molar-refractivity contribution < 1.29 is 0 Å². The highest BCUT2D eigenvalue weighted by atomic mass is 32.2. The van der Waals surface area contributed by atoms with Gasteiger partial charge in [-0.15, -0.1) is 0 Å². The maximum Gasteiger partial charge on any atom is 0.0122 e. The monoisotopic (exact) mass is 202 g/mol. The molecule has 0 aliphatic carbocycles. The van der Waals surface area contributed by atoms with Crippen molar-refractivity contribution in [3.05, 3.63) is 66.1 Å². The molecule has 0 unspecified atom stereocenters. The zero-order chi connectivity index (χ0) is 10.2. The molecule has 0 bridgehead atoms. The molecule has 72 valence electrons. The van der Waals surface area contributed by atoms with Gasteiger partial charge < -0.3 is 0 Å². The van der Waals surface area contributed by atoms with Gasteiger partial charge in [-0.2, -0.15) is 0 Å². The lowest BCUT2D eigenvalue weighted by Crippen LogP contribution is -1.71. The fourth-order valence-corrected chi connectivity index (χ4v) is 1.81. The van der Waals surface area contributed by atoms with Crippen LogP contribution in [0.2, 0.25) is 0 Å². The molecule has 0 aliphatic rings. The molecule has 14 heavy (non-hydrogen) atoms. The van der Waals surface area contributed by atoms with Crippen LogP contribution in [-0.2, 0) is 0 Å². The summed E-state index contributed by atoms with van der Waals surface area (Å²) >= 11 is 1.76. The van der Waals surface area contributed by atoms with E-state index >= 15 is 0 Å². The van der Waals surface area contributed by atoms with Crippen LogP contribution in [0.1, 0.15) is 6.92 Å². The van der Waals surface area contributed by atoms with Crippen molar-refractivity contribution in [1.29, 1.82) is 0 Å². The maximum absolute atomic E-state index is 3.65. The Morgan fingerprint density at radius 2 is 2.00 bits per heavy atom. The summed E-state index contributed by atoms with van der Waals surface area (Å²) in [5.41, 5.74) is 0. The van der Waals surface area contributed by atoms with Crippen molar-refractivity contribution in [3.63, 3.8) is 0 Å². The van der Waals surface area contributed by atoms with Crippen LogP contribution in [0.15, 0.2) is 71.0 Å². The Kier molecular flexibility index (Phi) is 4.87. The van der Waals surface area contributed by atoms with E-state index in [4.69, 9.17) is 0 Å². The molecule has 0 spiro atoms. The second kappa shape index (κ2) is 6.28. The van der Waals surface area contributed by atoms with Gasteiger partial charge in [-0.25, -0.2) is 0 Å². The fraction of sp³-hybridized carbons (Fsp3) is 0.0769. The summed E-state index contributed by atoms with van der Waals surface area (Å²) in [6, 6.07) is 10.3. The van der Waals surface area contributed by atoms with Gasteiger partial charge in [0.25, 0.3) is 0 Å². The number of hydrogen-bond acceptors (Lipinski definition) is 1. The smallest absolute Gasteiger partial charge is 0.0122 e. The van der Waals surface area contributed by atoms with E-state index < -0.39 is 0 Å². The summed E-state index contributed by atoms with van der Waals surface area (Å²) in [5.74, 6) is 0. The van der Waals surface area contributed by atoms with Crippen molar-refractivity contribution in [2.75, 3.05) is 0 Å². The lowest BCUT2D eigenvalue weighted by atomic mass is 10.4. The van der Waals surface area contributed by atoms with Gasteiger partial charge >= 0.3 is 0 Å². The predicted octanol–water partition coefficient (Wildman–Crippen LogP) is 4.42. The quantitative estimate of drug-likeness (QED) is 0.514. The Morgan fingerprint density at radius 1 is 1.29 bits per heavy atom. The minimum atomic E-state index is 1.23. The average molecular weight is 202 g/mol. The number of thioether (sulfide) groups is 1. The standard InChI is InChI=1S/C13H14S/c1-3-5-9-12(4-2)14-13-10-7-6-8-11-13/h3-11H,1H2,2H3/b9-5-,12-4+. The average Bonchev–Trinajstić information content (AvgIpc) is 2.25. The van der Waals surface area contributed by atoms with E-state index in [0.717, 1.165) is 0 Å². The van der Waals surface area contributed by atoms with Gasteiger partial charge in [-0.3, -0.25) is 0 Å². The first kappa shape index (κ1) is 10.9. The second-order valence-electron chi connectivity index (χ2n) is 2.70. The van der Waals surface area contributed by atoms with Crippen molar-refractivity contribution in [3.8, 4) is 0 Å². The summed E-state index contributed by atoms with van der Waals surface area (Å²) in [4.78, 5) is 2.49. The molecular weight excluding hydrogens is 188 g/mol. The Hall–Kier alpha value is -1.21. The fourth-order valence-electron chi connectivity index (χ4n) is 0.977. The number of rotatable bonds is 4. The third-order valence-electron chi connectivity index (χ3n) is 1.66. The van der Waals surface area contributed by atoms with Crippen LogP contribution in [0.3, 0.4) is 0 Å². The first-order valence-electron chi connectivity index (χ1n) is 4.55. The van der Waals surface area contributed by atoms with E-state index in [1.165, 1.54) is 9.80 Å². The van der Waals surface area contributed by atoms with Crippen LogP contribution in [0.5, 0.6) is 0 Å². The SMILES string of the molecule is C=C/C=C\C(=C/C)Sc1ccccc1. The highest BCUT2D eigenvalue weighted by Crippen LogP contribution is 2.26. The largest absolute Gasteiger partial charge is 0.0991 e. The first-order valence-corrected chi connectivity index (χ1v) is 5.37. The van der Waals surface area contributed by atoms with E-state index in [-0.39, 0.29) is 0 Å². The van der Waals surface area contributed by atoms with Crippen LogP contribution in [-0.4, -0.2) is 0 Å². The van der Waals surface area contributed by atoms with E-state index in [2.05, 4.69) is 30.9 Å². The minimum Gasteiger partial charge on any atom is -0.0991 e. The van der Waals surface area contributed by atoms with Crippen molar-refractivity contribution in [2.24, 2.45) is 0 Å². The summed E-state index contributed by atoms with van der Waals surface area (Å²) in [7, 11) is 0. The number of benzene rings is 1. The topological polar surface area (TPSA) is 0 Å². The zero-order valence-electron chi connectivity index (χ0n) is 8.31. The van der Waals surface area contributed by atoms with Crippen LogP contribution in [0, 0.1) is 0 Å².